The summed E-state index contributed by atoms with van der Waals surface area (Å²) in [6, 6.07) is 22.1. The highest BCUT2D eigenvalue weighted by molar-refractivity contribution is 7.22. The first kappa shape index (κ1) is 24.6. The minimum Gasteiger partial charge on any atom is -0.308 e. The SMILES string of the molecule is Cc1ccc2nc(N(CCN(C)C)C(=O)c3ccc(C(=O)c4ccccc4)cc3)sc2c1.Cl. The first-order valence-electron chi connectivity index (χ1n) is 10.5. The summed E-state index contributed by atoms with van der Waals surface area (Å²) in [5.74, 6) is -0.183. The van der Waals surface area contributed by atoms with E-state index in [1.165, 1.54) is 11.3 Å². The van der Waals surface area contributed by atoms with E-state index in [0.29, 0.717) is 34.9 Å². The van der Waals surface area contributed by atoms with Crippen LogP contribution < -0.4 is 4.90 Å². The number of benzene rings is 3. The lowest BCUT2D eigenvalue weighted by molar-refractivity contribution is 0.0982. The number of halogens is 1. The Bertz CT molecular complexity index is 1250. The van der Waals surface area contributed by atoms with E-state index in [0.717, 1.165) is 15.8 Å². The molecule has 0 saturated heterocycles. The molecule has 0 fully saturated rings. The predicted molar refractivity (Wildman–Crippen MR) is 138 cm³/mol. The number of carbonyl (C=O) groups excluding carboxylic acids is 2. The number of aryl methyl sites for hydroxylation is 1. The lowest BCUT2D eigenvalue weighted by Gasteiger charge is -2.22. The van der Waals surface area contributed by atoms with Crippen molar-refractivity contribution in [2.75, 3.05) is 32.1 Å². The van der Waals surface area contributed by atoms with Gasteiger partial charge in [0.15, 0.2) is 10.9 Å². The van der Waals surface area contributed by atoms with Crippen LogP contribution in [0.25, 0.3) is 10.2 Å². The predicted octanol–water partition coefficient (Wildman–Crippen LogP) is 5.47. The molecule has 0 atom stereocenters. The molecular formula is C26H26ClN3O2S. The Labute approximate surface area is 204 Å². The third-order valence-electron chi connectivity index (χ3n) is 5.21. The Morgan fingerprint density at radius 2 is 1.48 bits per heavy atom. The number of rotatable bonds is 7. The second kappa shape index (κ2) is 10.7. The molecule has 1 amide bonds. The molecule has 0 radical (unpaired) electrons. The van der Waals surface area contributed by atoms with Gasteiger partial charge in [0.1, 0.15) is 0 Å². The monoisotopic (exact) mass is 479 g/mol. The fraction of sp³-hybridized carbons (Fsp3) is 0.192. The number of carbonyl (C=O) groups is 2. The summed E-state index contributed by atoms with van der Waals surface area (Å²) in [5, 5.41) is 0.682. The molecule has 4 aromatic rings. The van der Waals surface area contributed by atoms with Crippen LogP contribution in [0, 0.1) is 6.92 Å². The highest BCUT2D eigenvalue weighted by Gasteiger charge is 2.22. The highest BCUT2D eigenvalue weighted by atomic mass is 35.5. The Balaban J connectivity index is 0.00000306. The standard InChI is InChI=1S/C26H25N3O2S.ClH/c1-18-9-14-22-23(17-18)32-26(27-22)29(16-15-28(2)3)25(31)21-12-10-20(11-13-21)24(30)19-7-5-4-6-8-19;/h4-14,17H,15-16H2,1-3H3;1H. The quantitative estimate of drug-likeness (QED) is 0.330. The van der Waals surface area contributed by atoms with Crippen LogP contribution in [0.1, 0.15) is 31.8 Å². The van der Waals surface area contributed by atoms with E-state index in [1.54, 1.807) is 41.3 Å². The number of aromatic nitrogens is 1. The van der Waals surface area contributed by atoms with Crippen molar-refractivity contribution in [2.24, 2.45) is 0 Å². The number of thiazole rings is 1. The summed E-state index contributed by atoms with van der Waals surface area (Å²) < 4.78 is 1.06. The maximum absolute atomic E-state index is 13.4. The van der Waals surface area contributed by atoms with Crippen molar-refractivity contribution < 1.29 is 9.59 Å². The van der Waals surface area contributed by atoms with Gasteiger partial charge in [-0.2, -0.15) is 0 Å². The van der Waals surface area contributed by atoms with Crippen LogP contribution in [0.4, 0.5) is 5.13 Å². The molecule has 170 valence electrons. The van der Waals surface area contributed by atoms with E-state index in [4.69, 9.17) is 4.98 Å². The number of nitrogens with zero attached hydrogens (tertiary/aromatic N) is 3. The van der Waals surface area contributed by atoms with Crippen LogP contribution in [0.15, 0.2) is 72.8 Å². The van der Waals surface area contributed by atoms with Crippen molar-refractivity contribution in [1.29, 1.82) is 0 Å². The second-order valence-electron chi connectivity index (χ2n) is 8.00. The van der Waals surface area contributed by atoms with Gasteiger partial charge in [-0.3, -0.25) is 14.5 Å². The zero-order valence-corrected chi connectivity index (χ0v) is 20.5. The zero-order chi connectivity index (χ0) is 22.7. The van der Waals surface area contributed by atoms with Gasteiger partial charge in [0.2, 0.25) is 0 Å². The molecule has 0 unspecified atom stereocenters. The van der Waals surface area contributed by atoms with Gasteiger partial charge in [-0.25, -0.2) is 4.98 Å². The second-order valence-corrected chi connectivity index (χ2v) is 9.01. The number of hydrogen-bond donors (Lipinski definition) is 0. The fourth-order valence-corrected chi connectivity index (χ4v) is 4.48. The number of fused-ring (bicyclic) bond motifs is 1. The average Bonchev–Trinajstić information content (AvgIpc) is 3.22. The van der Waals surface area contributed by atoms with E-state index in [-0.39, 0.29) is 24.1 Å². The molecule has 4 rings (SSSR count). The number of amides is 1. The Kier molecular flexibility index (Phi) is 7.97. The molecule has 1 heterocycles. The van der Waals surface area contributed by atoms with Crippen LogP contribution in [-0.4, -0.2) is 48.8 Å². The summed E-state index contributed by atoms with van der Waals surface area (Å²) >= 11 is 1.52. The van der Waals surface area contributed by atoms with E-state index in [1.807, 2.05) is 56.3 Å². The van der Waals surface area contributed by atoms with Gasteiger partial charge in [0, 0.05) is 29.8 Å². The van der Waals surface area contributed by atoms with Crippen LogP contribution in [0.5, 0.6) is 0 Å². The smallest absolute Gasteiger partial charge is 0.260 e. The summed E-state index contributed by atoms with van der Waals surface area (Å²) in [5.41, 5.74) is 3.77. The van der Waals surface area contributed by atoms with Crippen LogP contribution in [0.2, 0.25) is 0 Å². The number of anilines is 1. The molecule has 0 N–H and O–H groups in total. The molecule has 3 aromatic carbocycles. The van der Waals surface area contributed by atoms with Crippen molar-refractivity contribution in [3.8, 4) is 0 Å². The molecule has 5 nitrogen and oxygen atoms in total. The Morgan fingerprint density at radius 1 is 0.848 bits per heavy atom. The molecule has 33 heavy (non-hydrogen) atoms. The Morgan fingerprint density at radius 3 is 2.15 bits per heavy atom. The van der Waals surface area contributed by atoms with Crippen LogP contribution >= 0.6 is 23.7 Å². The van der Waals surface area contributed by atoms with Crippen molar-refractivity contribution in [3.05, 3.63) is 95.1 Å². The lowest BCUT2D eigenvalue weighted by Crippen LogP contribution is -2.36. The molecule has 7 heteroatoms. The van der Waals surface area contributed by atoms with Crippen LogP contribution in [0.3, 0.4) is 0 Å². The number of likely N-dealkylation sites (N-methyl/N-ethyl adjacent to an activating group) is 1. The minimum atomic E-state index is -0.124. The maximum Gasteiger partial charge on any atom is 0.260 e. The first-order valence-corrected chi connectivity index (χ1v) is 11.3. The normalized spacial score (nSPS) is 10.8. The van der Waals surface area contributed by atoms with Crippen molar-refractivity contribution >= 4 is 50.8 Å². The highest BCUT2D eigenvalue weighted by Crippen LogP contribution is 2.30. The van der Waals surface area contributed by atoms with Gasteiger partial charge < -0.3 is 4.90 Å². The van der Waals surface area contributed by atoms with E-state index in [9.17, 15) is 9.59 Å². The average molecular weight is 480 g/mol. The van der Waals surface area contributed by atoms with Gasteiger partial charge in [0.05, 0.1) is 10.2 Å². The van der Waals surface area contributed by atoms with Gasteiger partial charge in [0.25, 0.3) is 5.91 Å². The van der Waals surface area contributed by atoms with Crippen molar-refractivity contribution in [2.45, 2.75) is 6.92 Å². The molecule has 0 aliphatic carbocycles. The number of hydrogen-bond acceptors (Lipinski definition) is 5. The summed E-state index contributed by atoms with van der Waals surface area (Å²) in [6.45, 7) is 3.28. The molecule has 0 spiro atoms. The minimum absolute atomic E-state index is 0. The molecular weight excluding hydrogens is 454 g/mol. The molecule has 0 saturated carbocycles. The summed E-state index contributed by atoms with van der Waals surface area (Å²) in [6.07, 6.45) is 0. The summed E-state index contributed by atoms with van der Waals surface area (Å²) in [4.78, 5) is 34.6. The lowest BCUT2D eigenvalue weighted by atomic mass is 10.0. The zero-order valence-electron chi connectivity index (χ0n) is 18.8. The maximum atomic E-state index is 13.4. The van der Waals surface area contributed by atoms with Crippen molar-refractivity contribution in [1.82, 2.24) is 9.88 Å². The van der Waals surface area contributed by atoms with Gasteiger partial charge >= 0.3 is 0 Å². The molecule has 0 bridgehead atoms. The molecule has 0 aliphatic heterocycles. The first-order chi connectivity index (χ1) is 15.4. The van der Waals surface area contributed by atoms with E-state index >= 15 is 0 Å². The Hall–Kier alpha value is -3.06. The van der Waals surface area contributed by atoms with Crippen LogP contribution in [-0.2, 0) is 0 Å². The largest absolute Gasteiger partial charge is 0.308 e. The fourth-order valence-electron chi connectivity index (χ4n) is 3.40. The molecule has 1 aromatic heterocycles. The van der Waals surface area contributed by atoms with E-state index < -0.39 is 0 Å². The van der Waals surface area contributed by atoms with Gasteiger partial charge in [-0.05, 0) is 50.8 Å². The third kappa shape index (κ3) is 5.66. The molecule has 0 aliphatic rings. The number of ketones is 1. The van der Waals surface area contributed by atoms with Gasteiger partial charge in [-0.15, -0.1) is 12.4 Å². The van der Waals surface area contributed by atoms with E-state index in [2.05, 4.69) is 6.07 Å². The topological polar surface area (TPSA) is 53.5 Å². The summed E-state index contributed by atoms with van der Waals surface area (Å²) in [7, 11) is 3.96. The third-order valence-corrected chi connectivity index (χ3v) is 6.25. The van der Waals surface area contributed by atoms with Crippen molar-refractivity contribution in [3.63, 3.8) is 0 Å². The van der Waals surface area contributed by atoms with Gasteiger partial charge in [-0.1, -0.05) is 59.9 Å².